The predicted molar refractivity (Wildman–Crippen MR) is 87.2 cm³/mol. The molecule has 4 heteroatoms. The highest BCUT2D eigenvalue weighted by molar-refractivity contribution is 6.31. The van der Waals surface area contributed by atoms with Crippen molar-refractivity contribution in [1.29, 1.82) is 0 Å². The second-order valence-corrected chi connectivity index (χ2v) is 5.61. The third-order valence-corrected chi connectivity index (χ3v) is 4.16. The van der Waals surface area contributed by atoms with Crippen LogP contribution in [0.5, 0.6) is 5.75 Å². The van der Waals surface area contributed by atoms with Crippen LogP contribution in [0.2, 0.25) is 5.02 Å². The lowest BCUT2D eigenvalue weighted by Crippen LogP contribution is -2.17. The molecule has 0 aliphatic rings. The average molecular weight is 305 g/mol. The van der Waals surface area contributed by atoms with Crippen LogP contribution < -0.4 is 10.5 Å². The zero-order valence-electron chi connectivity index (χ0n) is 12.7. The molecule has 1 aromatic heterocycles. The Hall–Kier alpha value is -1.58. The molecule has 0 aliphatic carbocycles. The van der Waals surface area contributed by atoms with E-state index in [-0.39, 0.29) is 5.92 Å². The third-order valence-electron chi connectivity index (χ3n) is 3.82. The van der Waals surface area contributed by atoms with Crippen molar-refractivity contribution in [2.24, 2.45) is 5.73 Å². The van der Waals surface area contributed by atoms with Crippen molar-refractivity contribution in [1.82, 2.24) is 4.98 Å². The summed E-state index contributed by atoms with van der Waals surface area (Å²) < 4.78 is 5.46. The molecule has 0 bridgehead atoms. The van der Waals surface area contributed by atoms with E-state index in [2.05, 4.69) is 4.98 Å². The summed E-state index contributed by atoms with van der Waals surface area (Å²) in [6, 6.07) is 7.84. The van der Waals surface area contributed by atoms with Gasteiger partial charge in [-0.2, -0.15) is 0 Å². The second kappa shape index (κ2) is 6.92. The Morgan fingerprint density at radius 2 is 2.00 bits per heavy atom. The highest BCUT2D eigenvalue weighted by atomic mass is 35.5. The maximum absolute atomic E-state index is 6.29. The minimum absolute atomic E-state index is 0.150. The molecular formula is C17H21ClN2O. The van der Waals surface area contributed by atoms with Crippen molar-refractivity contribution < 1.29 is 4.74 Å². The largest absolute Gasteiger partial charge is 0.496 e. The van der Waals surface area contributed by atoms with Gasteiger partial charge in [-0.25, -0.2) is 0 Å². The topological polar surface area (TPSA) is 48.1 Å². The Labute approximate surface area is 131 Å². The zero-order valence-corrected chi connectivity index (χ0v) is 13.4. The number of methoxy groups -OCH3 is 1. The van der Waals surface area contributed by atoms with E-state index in [0.29, 0.717) is 6.54 Å². The first kappa shape index (κ1) is 15.8. The van der Waals surface area contributed by atoms with Crippen molar-refractivity contribution in [3.63, 3.8) is 0 Å². The first-order valence-electron chi connectivity index (χ1n) is 7.02. The molecule has 2 aromatic rings. The van der Waals surface area contributed by atoms with E-state index in [9.17, 15) is 0 Å². The fourth-order valence-electron chi connectivity index (χ4n) is 2.64. The zero-order chi connectivity index (χ0) is 15.4. The van der Waals surface area contributed by atoms with Gasteiger partial charge < -0.3 is 10.5 Å². The number of aryl methyl sites for hydroxylation is 1. The first-order chi connectivity index (χ1) is 10.1. The Morgan fingerprint density at radius 3 is 2.62 bits per heavy atom. The van der Waals surface area contributed by atoms with E-state index >= 15 is 0 Å². The number of rotatable bonds is 5. The highest BCUT2D eigenvalue weighted by Crippen LogP contribution is 2.30. The number of ether oxygens (including phenoxy) is 1. The normalized spacial score (nSPS) is 12.2. The standard InChI is InChI=1S/C17H21ClN2O/c1-11-10-20-16(12(2)17(11)21-3)8-13(9-19)14-6-4-5-7-15(14)18/h4-7,10,13H,8-9,19H2,1-3H3. The van der Waals surface area contributed by atoms with Gasteiger partial charge in [0.2, 0.25) is 0 Å². The molecule has 2 N–H and O–H groups in total. The molecule has 0 spiro atoms. The van der Waals surface area contributed by atoms with Gasteiger partial charge >= 0.3 is 0 Å². The number of pyridine rings is 1. The lowest BCUT2D eigenvalue weighted by molar-refractivity contribution is 0.406. The molecule has 1 atom stereocenters. The Bertz CT molecular complexity index is 628. The molecule has 112 valence electrons. The van der Waals surface area contributed by atoms with E-state index < -0.39 is 0 Å². The molecule has 0 saturated heterocycles. The number of benzene rings is 1. The summed E-state index contributed by atoms with van der Waals surface area (Å²) >= 11 is 6.29. The molecular weight excluding hydrogens is 284 g/mol. The van der Waals surface area contributed by atoms with Crippen LogP contribution in [-0.2, 0) is 6.42 Å². The molecule has 0 aliphatic heterocycles. The summed E-state index contributed by atoms with van der Waals surface area (Å²) in [4.78, 5) is 4.55. The fourth-order valence-corrected chi connectivity index (χ4v) is 2.93. The van der Waals surface area contributed by atoms with Crippen LogP contribution in [0.1, 0.15) is 28.3 Å². The summed E-state index contributed by atoms with van der Waals surface area (Å²) in [5, 5.41) is 0.754. The van der Waals surface area contributed by atoms with E-state index in [4.69, 9.17) is 22.1 Å². The number of hydrogen-bond acceptors (Lipinski definition) is 3. The van der Waals surface area contributed by atoms with Gasteiger partial charge in [0.05, 0.1) is 7.11 Å². The van der Waals surface area contributed by atoms with Gasteiger partial charge in [0.25, 0.3) is 0 Å². The number of nitrogens with two attached hydrogens (primary N) is 1. The Morgan fingerprint density at radius 1 is 1.29 bits per heavy atom. The molecule has 2 rings (SSSR count). The summed E-state index contributed by atoms with van der Waals surface area (Å²) in [6.07, 6.45) is 2.60. The van der Waals surface area contributed by atoms with Crippen LogP contribution in [0.3, 0.4) is 0 Å². The minimum Gasteiger partial charge on any atom is -0.496 e. The van der Waals surface area contributed by atoms with Crippen molar-refractivity contribution in [3.05, 3.63) is 57.9 Å². The maximum Gasteiger partial charge on any atom is 0.128 e. The van der Waals surface area contributed by atoms with Crippen LogP contribution in [0, 0.1) is 13.8 Å². The monoisotopic (exact) mass is 304 g/mol. The maximum atomic E-state index is 6.29. The number of hydrogen-bond donors (Lipinski definition) is 1. The molecule has 3 nitrogen and oxygen atoms in total. The molecule has 0 fully saturated rings. The van der Waals surface area contributed by atoms with Gasteiger partial charge in [-0.05, 0) is 38.4 Å². The van der Waals surface area contributed by atoms with Gasteiger partial charge in [0, 0.05) is 34.0 Å². The first-order valence-corrected chi connectivity index (χ1v) is 7.39. The fraction of sp³-hybridized carbons (Fsp3) is 0.353. The summed E-state index contributed by atoms with van der Waals surface area (Å²) in [5.41, 5.74) is 10.1. The SMILES string of the molecule is COc1c(C)cnc(CC(CN)c2ccccc2Cl)c1C. The number of halogens is 1. The molecule has 0 saturated carbocycles. The van der Waals surface area contributed by atoms with Crippen LogP contribution in [-0.4, -0.2) is 18.6 Å². The van der Waals surface area contributed by atoms with Gasteiger partial charge in [0.1, 0.15) is 5.75 Å². The molecule has 1 aromatic carbocycles. The van der Waals surface area contributed by atoms with Gasteiger partial charge in [0.15, 0.2) is 0 Å². The van der Waals surface area contributed by atoms with Crippen LogP contribution in [0.25, 0.3) is 0 Å². The minimum atomic E-state index is 0.150. The molecule has 0 amide bonds. The summed E-state index contributed by atoms with van der Waals surface area (Å²) in [6.45, 7) is 4.56. The molecule has 21 heavy (non-hydrogen) atoms. The summed E-state index contributed by atoms with van der Waals surface area (Å²) in [5.74, 6) is 1.05. The summed E-state index contributed by atoms with van der Waals surface area (Å²) in [7, 11) is 1.69. The van der Waals surface area contributed by atoms with Crippen molar-refractivity contribution in [3.8, 4) is 5.75 Å². The third kappa shape index (κ3) is 3.36. The predicted octanol–water partition coefficient (Wildman–Crippen LogP) is 3.65. The van der Waals surface area contributed by atoms with Crippen molar-refractivity contribution in [2.75, 3.05) is 13.7 Å². The molecule has 0 radical (unpaired) electrons. The van der Waals surface area contributed by atoms with E-state index in [1.165, 1.54) is 0 Å². The Balaban J connectivity index is 2.34. The van der Waals surface area contributed by atoms with E-state index in [1.54, 1.807) is 7.11 Å². The van der Waals surface area contributed by atoms with Crippen molar-refractivity contribution in [2.45, 2.75) is 26.2 Å². The van der Waals surface area contributed by atoms with Crippen LogP contribution in [0.4, 0.5) is 0 Å². The van der Waals surface area contributed by atoms with Crippen molar-refractivity contribution >= 4 is 11.6 Å². The second-order valence-electron chi connectivity index (χ2n) is 5.20. The highest BCUT2D eigenvalue weighted by Gasteiger charge is 2.17. The molecule has 1 heterocycles. The van der Waals surface area contributed by atoms with Gasteiger partial charge in [-0.3, -0.25) is 4.98 Å². The van der Waals surface area contributed by atoms with Crippen LogP contribution in [0.15, 0.2) is 30.5 Å². The molecule has 1 unspecified atom stereocenters. The Kier molecular flexibility index (Phi) is 5.21. The lowest BCUT2D eigenvalue weighted by Gasteiger charge is -2.19. The van der Waals surface area contributed by atoms with Crippen LogP contribution >= 0.6 is 11.6 Å². The van der Waals surface area contributed by atoms with Gasteiger partial charge in [-0.1, -0.05) is 29.8 Å². The average Bonchev–Trinajstić information content (AvgIpc) is 2.48. The number of nitrogens with zero attached hydrogens (tertiary/aromatic N) is 1. The van der Waals surface area contributed by atoms with E-state index in [0.717, 1.165) is 39.6 Å². The number of aromatic nitrogens is 1. The van der Waals surface area contributed by atoms with E-state index in [1.807, 2.05) is 44.3 Å². The van der Waals surface area contributed by atoms with Gasteiger partial charge in [-0.15, -0.1) is 0 Å². The smallest absolute Gasteiger partial charge is 0.128 e. The quantitative estimate of drug-likeness (QED) is 0.917. The lowest BCUT2D eigenvalue weighted by atomic mass is 9.92.